The van der Waals surface area contributed by atoms with Gasteiger partial charge in [-0.25, -0.2) is 0 Å². The van der Waals surface area contributed by atoms with Crippen molar-refractivity contribution in [3.63, 3.8) is 0 Å². The highest BCUT2D eigenvalue weighted by molar-refractivity contribution is 5.72. The molecule has 0 unspecified atom stereocenters. The monoisotopic (exact) mass is 293 g/mol. The van der Waals surface area contributed by atoms with E-state index in [0.717, 1.165) is 11.1 Å². The number of anilines is 1. The van der Waals surface area contributed by atoms with Crippen LogP contribution in [0.25, 0.3) is 11.3 Å². The topological polar surface area (TPSA) is 99.4 Å². The summed E-state index contributed by atoms with van der Waals surface area (Å²) in [6, 6.07) is 14.8. The molecule has 110 valence electrons. The Labute approximate surface area is 126 Å². The van der Waals surface area contributed by atoms with Gasteiger partial charge >= 0.3 is 0 Å². The molecule has 0 radical (unpaired) electrons. The Bertz CT molecular complexity index is 857. The highest BCUT2D eigenvalue weighted by Gasteiger charge is 2.11. The zero-order valence-electron chi connectivity index (χ0n) is 12.0. The molecule has 1 aromatic heterocycles. The van der Waals surface area contributed by atoms with Crippen molar-refractivity contribution in [2.45, 2.75) is 6.92 Å². The normalized spacial score (nSPS) is 11.1. The number of H-pyrrole nitrogens is 2. The Morgan fingerprint density at radius 2 is 1.59 bits per heavy atom. The summed E-state index contributed by atoms with van der Waals surface area (Å²) in [6.45, 7) is 2.00. The smallest absolute Gasteiger partial charge is 0.292 e. The largest absolute Gasteiger partial charge is 0.399 e. The summed E-state index contributed by atoms with van der Waals surface area (Å²) in [5.74, 6) is 0. The molecule has 1 heterocycles. The number of azo groups is 1. The molecule has 0 aliphatic carbocycles. The molecule has 4 N–H and O–H groups in total. The molecule has 22 heavy (non-hydrogen) atoms. The number of aromatic nitrogens is 2. The Hall–Kier alpha value is -3.15. The molecule has 2 aromatic carbocycles. The average Bonchev–Trinajstić information content (AvgIpc) is 2.89. The van der Waals surface area contributed by atoms with Crippen molar-refractivity contribution in [2.75, 3.05) is 5.73 Å². The van der Waals surface area contributed by atoms with Gasteiger partial charge in [0.15, 0.2) is 5.69 Å². The number of rotatable bonds is 3. The number of hydrogen-bond acceptors (Lipinski definition) is 4. The van der Waals surface area contributed by atoms with E-state index >= 15 is 0 Å². The second kappa shape index (κ2) is 5.69. The average molecular weight is 293 g/mol. The third kappa shape index (κ3) is 2.80. The maximum atomic E-state index is 11.9. The van der Waals surface area contributed by atoms with E-state index in [9.17, 15) is 4.79 Å². The second-order valence-electron chi connectivity index (χ2n) is 4.96. The highest BCUT2D eigenvalue weighted by Crippen LogP contribution is 2.27. The summed E-state index contributed by atoms with van der Waals surface area (Å²) in [4.78, 5) is 11.9. The number of nitrogens with two attached hydrogens (primary N) is 1. The molecule has 0 atom stereocenters. The number of nitrogen functional groups attached to an aromatic ring is 1. The summed E-state index contributed by atoms with van der Waals surface area (Å²) in [7, 11) is 0. The molecule has 0 aliphatic rings. The van der Waals surface area contributed by atoms with Gasteiger partial charge in [0.1, 0.15) is 0 Å². The second-order valence-corrected chi connectivity index (χ2v) is 4.96. The fraction of sp³-hybridized carbons (Fsp3) is 0.0625. The van der Waals surface area contributed by atoms with Gasteiger partial charge in [0.05, 0.1) is 11.4 Å². The van der Waals surface area contributed by atoms with E-state index < -0.39 is 0 Å². The molecule has 6 nitrogen and oxygen atoms in total. The molecule has 0 spiro atoms. The van der Waals surface area contributed by atoms with E-state index in [2.05, 4.69) is 20.4 Å². The molecular weight excluding hydrogens is 278 g/mol. The van der Waals surface area contributed by atoms with Crippen LogP contribution in [0.1, 0.15) is 5.56 Å². The summed E-state index contributed by atoms with van der Waals surface area (Å²) < 4.78 is 0. The van der Waals surface area contributed by atoms with Crippen LogP contribution >= 0.6 is 0 Å². The first-order chi connectivity index (χ1) is 10.6. The molecule has 0 saturated carbocycles. The molecule has 0 fully saturated rings. The van der Waals surface area contributed by atoms with Crippen molar-refractivity contribution in [3.8, 4) is 11.3 Å². The highest BCUT2D eigenvalue weighted by atomic mass is 16.1. The van der Waals surface area contributed by atoms with E-state index in [1.165, 1.54) is 0 Å². The van der Waals surface area contributed by atoms with E-state index in [4.69, 9.17) is 5.73 Å². The van der Waals surface area contributed by atoms with E-state index in [0.29, 0.717) is 17.1 Å². The number of aromatic amines is 2. The van der Waals surface area contributed by atoms with Crippen LogP contribution in [0.15, 0.2) is 63.6 Å². The van der Waals surface area contributed by atoms with Gasteiger partial charge in [-0.15, -0.1) is 5.11 Å². The fourth-order valence-electron chi connectivity index (χ4n) is 2.02. The SMILES string of the molecule is Cc1ccc(N=Nc2c(-c3ccc(N)cc3)[nH][nH]c2=O)cc1. The number of benzene rings is 2. The van der Waals surface area contributed by atoms with Gasteiger partial charge in [-0.05, 0) is 31.2 Å². The standard InChI is InChI=1S/C16H15N5O/c1-10-2-8-13(9-3-10)18-20-15-14(19-21-16(15)22)11-4-6-12(17)7-5-11/h2-9H,17H2,1H3,(H2,19,21,22). The van der Waals surface area contributed by atoms with Gasteiger partial charge in [0, 0.05) is 11.3 Å². The minimum Gasteiger partial charge on any atom is -0.399 e. The molecule has 6 heteroatoms. The lowest BCUT2D eigenvalue weighted by Crippen LogP contribution is -1.96. The molecule has 0 bridgehead atoms. The van der Waals surface area contributed by atoms with E-state index in [-0.39, 0.29) is 11.2 Å². The van der Waals surface area contributed by atoms with Crippen LogP contribution in [-0.2, 0) is 0 Å². The van der Waals surface area contributed by atoms with E-state index in [1.54, 1.807) is 12.1 Å². The summed E-state index contributed by atoms with van der Waals surface area (Å²) in [5.41, 5.74) is 9.48. The van der Waals surface area contributed by atoms with E-state index in [1.807, 2.05) is 43.3 Å². The molecule has 3 aromatic rings. The maximum Gasteiger partial charge on any atom is 0.292 e. The molecule has 3 rings (SSSR count). The van der Waals surface area contributed by atoms with Gasteiger partial charge in [-0.2, -0.15) is 5.11 Å². The van der Waals surface area contributed by atoms with Gasteiger partial charge in [-0.1, -0.05) is 29.8 Å². The van der Waals surface area contributed by atoms with Crippen molar-refractivity contribution in [1.82, 2.24) is 10.2 Å². The summed E-state index contributed by atoms with van der Waals surface area (Å²) in [5, 5.41) is 13.6. The van der Waals surface area contributed by atoms with Gasteiger partial charge in [-0.3, -0.25) is 15.0 Å². The lowest BCUT2D eigenvalue weighted by atomic mass is 10.1. The first kappa shape index (κ1) is 13.8. The first-order valence-corrected chi connectivity index (χ1v) is 6.78. The minimum atomic E-state index is -0.317. The first-order valence-electron chi connectivity index (χ1n) is 6.78. The van der Waals surface area contributed by atoms with Crippen LogP contribution in [0.3, 0.4) is 0 Å². The zero-order valence-corrected chi connectivity index (χ0v) is 12.0. The number of nitrogens with one attached hydrogen (secondary N) is 2. The Kier molecular flexibility index (Phi) is 3.57. The third-order valence-corrected chi connectivity index (χ3v) is 3.25. The van der Waals surface area contributed by atoms with Gasteiger partial charge in [0.2, 0.25) is 0 Å². The number of aryl methyl sites for hydroxylation is 1. The van der Waals surface area contributed by atoms with Crippen LogP contribution in [0.5, 0.6) is 0 Å². The molecule has 0 amide bonds. The van der Waals surface area contributed by atoms with Crippen molar-refractivity contribution in [1.29, 1.82) is 0 Å². The van der Waals surface area contributed by atoms with Gasteiger partial charge in [0.25, 0.3) is 5.56 Å². The maximum absolute atomic E-state index is 11.9. The Balaban J connectivity index is 1.97. The molecular formula is C16H15N5O. The van der Waals surface area contributed by atoms with Crippen LogP contribution in [0.4, 0.5) is 17.1 Å². The van der Waals surface area contributed by atoms with Crippen LogP contribution in [0, 0.1) is 6.92 Å². The van der Waals surface area contributed by atoms with Crippen LogP contribution < -0.4 is 11.3 Å². The van der Waals surface area contributed by atoms with Crippen LogP contribution in [-0.4, -0.2) is 10.2 Å². The van der Waals surface area contributed by atoms with Crippen molar-refractivity contribution < 1.29 is 0 Å². The Morgan fingerprint density at radius 1 is 0.909 bits per heavy atom. The predicted octanol–water partition coefficient (Wildman–Crippen LogP) is 3.68. The van der Waals surface area contributed by atoms with Crippen molar-refractivity contribution >= 4 is 17.1 Å². The number of hydrogen-bond donors (Lipinski definition) is 3. The zero-order chi connectivity index (χ0) is 15.5. The van der Waals surface area contributed by atoms with Gasteiger partial charge < -0.3 is 5.73 Å². The summed E-state index contributed by atoms with van der Waals surface area (Å²) >= 11 is 0. The predicted molar refractivity (Wildman–Crippen MR) is 86.6 cm³/mol. The third-order valence-electron chi connectivity index (χ3n) is 3.25. The van der Waals surface area contributed by atoms with Crippen molar-refractivity contribution in [2.24, 2.45) is 10.2 Å². The molecule has 0 aliphatic heterocycles. The lowest BCUT2D eigenvalue weighted by molar-refractivity contribution is 1.06. The summed E-state index contributed by atoms with van der Waals surface area (Å²) in [6.07, 6.45) is 0. The fourth-order valence-corrected chi connectivity index (χ4v) is 2.02. The quantitative estimate of drug-likeness (QED) is 0.507. The lowest BCUT2D eigenvalue weighted by Gasteiger charge is -1.99. The number of nitrogens with zero attached hydrogens (tertiary/aromatic N) is 2. The Morgan fingerprint density at radius 3 is 2.27 bits per heavy atom. The molecule has 0 saturated heterocycles. The van der Waals surface area contributed by atoms with Crippen LogP contribution in [0.2, 0.25) is 0 Å². The van der Waals surface area contributed by atoms with Crippen molar-refractivity contribution in [3.05, 3.63) is 64.4 Å². The minimum absolute atomic E-state index is 0.241.